The van der Waals surface area contributed by atoms with Gasteiger partial charge in [-0.15, -0.1) is 0 Å². The van der Waals surface area contributed by atoms with E-state index >= 15 is 0 Å². The van der Waals surface area contributed by atoms with E-state index in [1.54, 1.807) is 30.3 Å². The van der Waals surface area contributed by atoms with Gasteiger partial charge in [0.05, 0.1) is 6.07 Å². The molecule has 1 unspecified atom stereocenters. The first-order valence-corrected chi connectivity index (χ1v) is 5.64. The fourth-order valence-electron chi connectivity index (χ4n) is 1.56. The van der Waals surface area contributed by atoms with E-state index in [4.69, 9.17) is 10.00 Å². The number of hydrogen-bond donors (Lipinski definition) is 1. The standard InChI is InChI=1S/C15H13NO2/c16-10-15(17)13-6-8-14(9-7-13)18-11-12-4-2-1-3-5-12/h1-9,15,17H,11H2. The second-order valence-corrected chi connectivity index (χ2v) is 3.87. The van der Waals surface area contributed by atoms with Crippen molar-refractivity contribution in [3.05, 3.63) is 65.7 Å². The molecule has 0 aromatic heterocycles. The summed E-state index contributed by atoms with van der Waals surface area (Å²) in [6.07, 6.45) is -1.08. The zero-order valence-electron chi connectivity index (χ0n) is 9.78. The van der Waals surface area contributed by atoms with Crippen molar-refractivity contribution in [1.29, 1.82) is 5.26 Å². The molecule has 0 radical (unpaired) electrons. The largest absolute Gasteiger partial charge is 0.489 e. The summed E-state index contributed by atoms with van der Waals surface area (Å²) in [7, 11) is 0. The van der Waals surface area contributed by atoms with Crippen LogP contribution in [0, 0.1) is 11.3 Å². The Balaban J connectivity index is 1.97. The Hall–Kier alpha value is -2.31. The van der Waals surface area contributed by atoms with Crippen molar-refractivity contribution in [1.82, 2.24) is 0 Å². The van der Waals surface area contributed by atoms with Crippen LogP contribution < -0.4 is 4.74 Å². The average Bonchev–Trinajstić information content (AvgIpc) is 2.46. The summed E-state index contributed by atoms with van der Waals surface area (Å²) in [5, 5.41) is 17.9. The van der Waals surface area contributed by atoms with Crippen LogP contribution >= 0.6 is 0 Å². The van der Waals surface area contributed by atoms with E-state index in [0.717, 1.165) is 5.56 Å². The van der Waals surface area contributed by atoms with Gasteiger partial charge >= 0.3 is 0 Å². The third-order valence-electron chi connectivity index (χ3n) is 2.57. The third kappa shape index (κ3) is 3.09. The summed E-state index contributed by atoms with van der Waals surface area (Å²) in [6, 6.07) is 18.5. The smallest absolute Gasteiger partial charge is 0.165 e. The van der Waals surface area contributed by atoms with Crippen LogP contribution in [-0.2, 0) is 6.61 Å². The van der Waals surface area contributed by atoms with Gasteiger partial charge in [-0.25, -0.2) is 0 Å². The van der Waals surface area contributed by atoms with E-state index in [9.17, 15) is 5.11 Å². The van der Waals surface area contributed by atoms with Crippen LogP contribution in [-0.4, -0.2) is 5.11 Å². The molecule has 0 spiro atoms. The second-order valence-electron chi connectivity index (χ2n) is 3.87. The molecule has 18 heavy (non-hydrogen) atoms. The summed E-state index contributed by atoms with van der Waals surface area (Å²) in [5.74, 6) is 0.716. The highest BCUT2D eigenvalue weighted by molar-refractivity contribution is 5.30. The molecule has 0 heterocycles. The number of aliphatic hydroxyl groups excluding tert-OH is 1. The summed E-state index contributed by atoms with van der Waals surface area (Å²) in [6.45, 7) is 0.501. The van der Waals surface area contributed by atoms with Gasteiger partial charge in [-0.05, 0) is 23.3 Å². The molecule has 0 fully saturated rings. The van der Waals surface area contributed by atoms with Crippen LogP contribution in [0.5, 0.6) is 5.75 Å². The molecule has 2 aromatic carbocycles. The van der Waals surface area contributed by atoms with Gasteiger partial charge in [-0.3, -0.25) is 0 Å². The lowest BCUT2D eigenvalue weighted by Crippen LogP contribution is -1.96. The highest BCUT2D eigenvalue weighted by Crippen LogP contribution is 2.18. The third-order valence-corrected chi connectivity index (χ3v) is 2.57. The molecule has 1 atom stereocenters. The number of nitriles is 1. The maximum atomic E-state index is 9.33. The van der Waals surface area contributed by atoms with Crippen LogP contribution in [0.4, 0.5) is 0 Å². The lowest BCUT2D eigenvalue weighted by Gasteiger charge is -2.07. The Morgan fingerprint density at radius 1 is 1.06 bits per heavy atom. The molecule has 0 aliphatic heterocycles. The minimum atomic E-state index is -1.08. The van der Waals surface area contributed by atoms with E-state index in [0.29, 0.717) is 17.9 Å². The van der Waals surface area contributed by atoms with Crippen molar-refractivity contribution >= 4 is 0 Å². The number of hydrogen-bond acceptors (Lipinski definition) is 3. The van der Waals surface area contributed by atoms with Gasteiger partial charge in [0.2, 0.25) is 0 Å². The monoisotopic (exact) mass is 239 g/mol. The van der Waals surface area contributed by atoms with E-state index in [1.165, 1.54) is 0 Å². The molecule has 0 amide bonds. The van der Waals surface area contributed by atoms with E-state index in [-0.39, 0.29) is 0 Å². The SMILES string of the molecule is N#CC(O)c1ccc(OCc2ccccc2)cc1. The molecule has 90 valence electrons. The highest BCUT2D eigenvalue weighted by atomic mass is 16.5. The van der Waals surface area contributed by atoms with E-state index in [1.807, 2.05) is 30.3 Å². The summed E-state index contributed by atoms with van der Waals surface area (Å²) >= 11 is 0. The molecule has 0 aliphatic carbocycles. The maximum Gasteiger partial charge on any atom is 0.165 e. The first-order valence-electron chi connectivity index (χ1n) is 5.64. The molecular formula is C15H13NO2. The van der Waals surface area contributed by atoms with Crippen molar-refractivity contribution < 1.29 is 9.84 Å². The van der Waals surface area contributed by atoms with Gasteiger partial charge in [-0.1, -0.05) is 42.5 Å². The quantitative estimate of drug-likeness (QED) is 0.835. The van der Waals surface area contributed by atoms with Gasteiger partial charge in [0.1, 0.15) is 12.4 Å². The van der Waals surface area contributed by atoms with Crippen molar-refractivity contribution in [3.8, 4) is 11.8 Å². The maximum absolute atomic E-state index is 9.33. The van der Waals surface area contributed by atoms with Gasteiger partial charge < -0.3 is 9.84 Å². The van der Waals surface area contributed by atoms with Crippen LogP contribution in [0.15, 0.2) is 54.6 Å². The molecular weight excluding hydrogens is 226 g/mol. The molecule has 3 heteroatoms. The summed E-state index contributed by atoms with van der Waals surface area (Å²) in [5.41, 5.74) is 1.67. The number of ether oxygens (including phenoxy) is 1. The Bertz CT molecular complexity index is 529. The lowest BCUT2D eigenvalue weighted by molar-refractivity contribution is 0.235. The van der Waals surface area contributed by atoms with Crippen LogP contribution in [0.2, 0.25) is 0 Å². The predicted octanol–water partition coefficient (Wildman–Crippen LogP) is 2.82. The van der Waals surface area contributed by atoms with Crippen LogP contribution in [0.1, 0.15) is 17.2 Å². The minimum Gasteiger partial charge on any atom is -0.489 e. The second kappa shape index (κ2) is 5.85. The number of nitrogens with zero attached hydrogens (tertiary/aromatic N) is 1. The molecule has 0 bridgehead atoms. The summed E-state index contributed by atoms with van der Waals surface area (Å²) < 4.78 is 5.60. The normalized spacial score (nSPS) is 11.6. The number of benzene rings is 2. The van der Waals surface area contributed by atoms with Gasteiger partial charge in [0.25, 0.3) is 0 Å². The van der Waals surface area contributed by atoms with Crippen molar-refractivity contribution in [2.45, 2.75) is 12.7 Å². The average molecular weight is 239 g/mol. The molecule has 1 N–H and O–H groups in total. The van der Waals surface area contributed by atoms with Gasteiger partial charge in [-0.2, -0.15) is 5.26 Å². The van der Waals surface area contributed by atoms with Crippen molar-refractivity contribution in [2.75, 3.05) is 0 Å². The number of rotatable bonds is 4. The molecule has 0 aliphatic rings. The van der Waals surface area contributed by atoms with Crippen molar-refractivity contribution in [2.24, 2.45) is 0 Å². The Morgan fingerprint density at radius 3 is 2.33 bits per heavy atom. The Morgan fingerprint density at radius 2 is 1.72 bits per heavy atom. The van der Waals surface area contributed by atoms with Gasteiger partial charge in [0, 0.05) is 0 Å². The van der Waals surface area contributed by atoms with Crippen LogP contribution in [0.25, 0.3) is 0 Å². The Labute approximate surface area is 106 Å². The fraction of sp³-hybridized carbons (Fsp3) is 0.133. The van der Waals surface area contributed by atoms with E-state index in [2.05, 4.69) is 0 Å². The molecule has 0 saturated carbocycles. The van der Waals surface area contributed by atoms with Crippen LogP contribution in [0.3, 0.4) is 0 Å². The Kier molecular flexibility index (Phi) is 3.95. The van der Waals surface area contributed by atoms with E-state index < -0.39 is 6.10 Å². The minimum absolute atomic E-state index is 0.501. The number of aliphatic hydroxyl groups is 1. The molecule has 3 nitrogen and oxygen atoms in total. The zero-order valence-corrected chi connectivity index (χ0v) is 9.78. The topological polar surface area (TPSA) is 53.2 Å². The molecule has 2 aromatic rings. The lowest BCUT2D eigenvalue weighted by atomic mass is 10.1. The predicted molar refractivity (Wildman–Crippen MR) is 67.8 cm³/mol. The first-order chi connectivity index (χ1) is 8.79. The first kappa shape index (κ1) is 12.2. The zero-order chi connectivity index (χ0) is 12.8. The fourth-order valence-corrected chi connectivity index (χ4v) is 1.56. The van der Waals surface area contributed by atoms with Gasteiger partial charge in [0.15, 0.2) is 6.10 Å². The van der Waals surface area contributed by atoms with Crippen molar-refractivity contribution in [3.63, 3.8) is 0 Å². The highest BCUT2D eigenvalue weighted by Gasteiger charge is 2.04. The summed E-state index contributed by atoms with van der Waals surface area (Å²) in [4.78, 5) is 0. The molecule has 2 rings (SSSR count). The molecule has 0 saturated heterocycles.